The monoisotopic (exact) mass is 438 g/mol. The second-order valence-electron chi connectivity index (χ2n) is 8.18. The molecule has 2 N–H and O–H groups in total. The van der Waals surface area contributed by atoms with E-state index in [9.17, 15) is 14.7 Å². The Balaban J connectivity index is 1.29. The van der Waals surface area contributed by atoms with Gasteiger partial charge in [-0.15, -0.1) is 0 Å². The van der Waals surface area contributed by atoms with Gasteiger partial charge < -0.3 is 14.8 Å². The Morgan fingerprint density at radius 2 is 1.76 bits per heavy atom. The Labute approximate surface area is 190 Å². The van der Waals surface area contributed by atoms with E-state index in [2.05, 4.69) is 16.4 Å². The average molecular weight is 438 g/mol. The van der Waals surface area contributed by atoms with Gasteiger partial charge in [-0.2, -0.15) is 0 Å². The molecule has 5 rings (SSSR count). The smallest absolute Gasteiger partial charge is 0.315 e. The number of carbonyl (C=O) groups is 2. The van der Waals surface area contributed by atoms with E-state index in [0.29, 0.717) is 22.2 Å². The van der Waals surface area contributed by atoms with Crippen molar-refractivity contribution < 1.29 is 19.1 Å². The first-order valence-electron chi connectivity index (χ1n) is 10.8. The molecule has 0 radical (unpaired) electrons. The zero-order valence-corrected chi connectivity index (χ0v) is 17.8. The molecule has 0 saturated heterocycles. The Morgan fingerprint density at radius 1 is 0.970 bits per heavy atom. The fourth-order valence-corrected chi connectivity index (χ4v) is 4.34. The lowest BCUT2D eigenvalue weighted by molar-refractivity contribution is -0.137. The fraction of sp³-hybridized carbons (Fsp3) is 0.148. The number of fused-ring (bicyclic) bond motifs is 2. The standard InChI is InChI=1S/C27H22N2O4/c30-25(29-22-11-9-18-2-1-3-20(18)14-22)13-6-17-4-7-19(8-5-17)26(27(31)32)21-10-12-24-23(15-21)28-16-33-24/h4-16,26H,1-3H2,(H,29,30)(H,31,32). The van der Waals surface area contributed by atoms with Crippen LogP contribution in [0.3, 0.4) is 0 Å². The molecule has 0 spiro atoms. The predicted molar refractivity (Wildman–Crippen MR) is 126 cm³/mol. The topological polar surface area (TPSA) is 92.4 Å². The van der Waals surface area contributed by atoms with Crippen LogP contribution in [0.25, 0.3) is 17.2 Å². The first kappa shape index (κ1) is 20.7. The van der Waals surface area contributed by atoms with E-state index < -0.39 is 11.9 Å². The molecule has 0 fully saturated rings. The van der Waals surface area contributed by atoms with Crippen molar-refractivity contribution in [1.29, 1.82) is 0 Å². The number of carboxylic acids is 1. The summed E-state index contributed by atoms with van der Waals surface area (Å²) in [7, 11) is 0. The highest BCUT2D eigenvalue weighted by Gasteiger charge is 2.22. The molecule has 1 aliphatic carbocycles. The zero-order valence-electron chi connectivity index (χ0n) is 17.8. The van der Waals surface area contributed by atoms with Crippen molar-refractivity contribution in [1.82, 2.24) is 4.98 Å². The van der Waals surface area contributed by atoms with Gasteiger partial charge in [0.25, 0.3) is 0 Å². The number of nitrogens with one attached hydrogen (secondary N) is 1. The van der Waals surface area contributed by atoms with E-state index in [1.54, 1.807) is 48.5 Å². The molecular formula is C27H22N2O4. The summed E-state index contributed by atoms with van der Waals surface area (Å²) in [6, 6.07) is 18.4. The number of oxazole rings is 1. The number of aryl methyl sites for hydroxylation is 2. The molecular weight excluding hydrogens is 416 g/mol. The zero-order chi connectivity index (χ0) is 22.8. The molecule has 1 aromatic heterocycles. The maximum absolute atomic E-state index is 12.3. The molecule has 33 heavy (non-hydrogen) atoms. The van der Waals surface area contributed by atoms with Gasteiger partial charge in [-0.05, 0) is 77.4 Å². The maximum Gasteiger partial charge on any atom is 0.315 e. The van der Waals surface area contributed by atoms with E-state index in [4.69, 9.17) is 4.42 Å². The lowest BCUT2D eigenvalue weighted by Gasteiger charge is -2.13. The lowest BCUT2D eigenvalue weighted by Crippen LogP contribution is -2.13. The van der Waals surface area contributed by atoms with Crippen LogP contribution in [0.4, 0.5) is 5.69 Å². The van der Waals surface area contributed by atoms with Gasteiger partial charge in [-0.3, -0.25) is 9.59 Å². The van der Waals surface area contributed by atoms with Crippen molar-refractivity contribution in [2.24, 2.45) is 0 Å². The Bertz CT molecular complexity index is 1370. The van der Waals surface area contributed by atoms with Crippen LogP contribution >= 0.6 is 0 Å². The first-order chi connectivity index (χ1) is 16.1. The van der Waals surface area contributed by atoms with Gasteiger partial charge in [-0.25, -0.2) is 4.98 Å². The van der Waals surface area contributed by atoms with Crippen molar-refractivity contribution in [2.45, 2.75) is 25.2 Å². The van der Waals surface area contributed by atoms with Crippen molar-refractivity contribution >= 4 is 34.7 Å². The molecule has 0 aliphatic heterocycles. The minimum absolute atomic E-state index is 0.207. The Hall–Kier alpha value is -4.19. The molecule has 0 bridgehead atoms. The summed E-state index contributed by atoms with van der Waals surface area (Å²) in [4.78, 5) is 28.4. The lowest BCUT2D eigenvalue weighted by atomic mass is 9.90. The highest BCUT2D eigenvalue weighted by Crippen LogP contribution is 2.28. The van der Waals surface area contributed by atoms with Gasteiger partial charge in [0.1, 0.15) is 11.4 Å². The predicted octanol–water partition coefficient (Wildman–Crippen LogP) is 5.18. The van der Waals surface area contributed by atoms with Gasteiger partial charge in [0.2, 0.25) is 5.91 Å². The van der Waals surface area contributed by atoms with Crippen LogP contribution in [0, 0.1) is 0 Å². The quantitative estimate of drug-likeness (QED) is 0.405. The molecule has 1 heterocycles. The van der Waals surface area contributed by atoms with Crippen LogP contribution in [0.2, 0.25) is 0 Å². The number of hydrogen-bond acceptors (Lipinski definition) is 4. The summed E-state index contributed by atoms with van der Waals surface area (Å²) in [5, 5.41) is 12.7. The van der Waals surface area contributed by atoms with Crippen LogP contribution in [0.5, 0.6) is 0 Å². The highest BCUT2D eigenvalue weighted by atomic mass is 16.4. The molecule has 1 aliphatic rings. The van der Waals surface area contributed by atoms with Crippen molar-refractivity contribution in [3.8, 4) is 0 Å². The number of anilines is 1. The van der Waals surface area contributed by atoms with Gasteiger partial charge in [0, 0.05) is 11.8 Å². The van der Waals surface area contributed by atoms with Crippen LogP contribution in [0.1, 0.15) is 40.2 Å². The first-order valence-corrected chi connectivity index (χ1v) is 10.8. The summed E-state index contributed by atoms with van der Waals surface area (Å²) in [6.45, 7) is 0. The number of hydrogen-bond donors (Lipinski definition) is 2. The number of aromatic nitrogens is 1. The fourth-order valence-electron chi connectivity index (χ4n) is 4.34. The van der Waals surface area contributed by atoms with Crippen LogP contribution in [-0.2, 0) is 22.4 Å². The Morgan fingerprint density at radius 3 is 2.58 bits per heavy atom. The van der Waals surface area contributed by atoms with Crippen LogP contribution < -0.4 is 5.32 Å². The SMILES string of the molecule is O=C(C=Cc1ccc(C(C(=O)O)c2ccc3ocnc3c2)cc1)Nc1ccc2c(c1)CCC2. The molecule has 6 heteroatoms. The van der Waals surface area contributed by atoms with Gasteiger partial charge in [0.15, 0.2) is 12.0 Å². The number of nitrogens with zero attached hydrogens (tertiary/aromatic N) is 1. The number of benzene rings is 3. The van der Waals surface area contributed by atoms with E-state index in [1.807, 2.05) is 12.1 Å². The molecule has 164 valence electrons. The molecule has 4 aromatic rings. The third-order valence-electron chi connectivity index (χ3n) is 6.00. The van der Waals surface area contributed by atoms with Crippen LogP contribution in [-0.4, -0.2) is 22.0 Å². The van der Waals surface area contributed by atoms with E-state index in [-0.39, 0.29) is 5.91 Å². The number of aliphatic carboxylic acids is 1. The summed E-state index contributed by atoms with van der Waals surface area (Å²) >= 11 is 0. The van der Waals surface area contributed by atoms with E-state index in [1.165, 1.54) is 30.0 Å². The maximum atomic E-state index is 12.3. The summed E-state index contributed by atoms with van der Waals surface area (Å²) in [5.41, 5.74) is 6.78. The van der Waals surface area contributed by atoms with Crippen molar-refractivity contribution in [2.75, 3.05) is 5.32 Å². The summed E-state index contributed by atoms with van der Waals surface area (Å²) < 4.78 is 5.24. The van der Waals surface area contributed by atoms with Crippen LogP contribution in [0.15, 0.2) is 77.6 Å². The number of carbonyl (C=O) groups excluding carboxylic acids is 1. The molecule has 0 saturated carbocycles. The normalized spacial score (nSPS) is 13.8. The minimum atomic E-state index is -0.949. The van der Waals surface area contributed by atoms with Gasteiger partial charge in [0.05, 0.1) is 0 Å². The number of rotatable bonds is 6. The summed E-state index contributed by atoms with van der Waals surface area (Å²) in [5.74, 6) is -1.98. The second kappa shape index (κ2) is 8.74. The average Bonchev–Trinajstić information content (AvgIpc) is 3.47. The largest absolute Gasteiger partial charge is 0.481 e. The van der Waals surface area contributed by atoms with Crippen molar-refractivity contribution in [3.63, 3.8) is 0 Å². The minimum Gasteiger partial charge on any atom is -0.481 e. The third kappa shape index (κ3) is 4.41. The third-order valence-corrected chi connectivity index (χ3v) is 6.00. The molecule has 1 unspecified atom stereocenters. The van der Waals surface area contributed by atoms with E-state index in [0.717, 1.165) is 24.1 Å². The number of carboxylic acid groups (broad SMARTS) is 1. The molecule has 1 amide bonds. The molecule has 3 aromatic carbocycles. The van der Waals surface area contributed by atoms with Gasteiger partial charge >= 0.3 is 5.97 Å². The molecule has 1 atom stereocenters. The number of amides is 1. The van der Waals surface area contributed by atoms with Crippen molar-refractivity contribution in [3.05, 3.63) is 101 Å². The Kier molecular flexibility index (Phi) is 5.48. The molecule has 6 nitrogen and oxygen atoms in total. The van der Waals surface area contributed by atoms with E-state index >= 15 is 0 Å². The second-order valence-corrected chi connectivity index (χ2v) is 8.18. The summed E-state index contributed by atoms with van der Waals surface area (Å²) in [6.07, 6.45) is 7.87. The van der Waals surface area contributed by atoms with Gasteiger partial charge in [-0.1, -0.05) is 36.4 Å². The highest BCUT2D eigenvalue weighted by molar-refractivity contribution is 6.02.